The van der Waals surface area contributed by atoms with Gasteiger partial charge in [0.25, 0.3) is 11.8 Å². The number of anilines is 1. The van der Waals surface area contributed by atoms with Crippen molar-refractivity contribution < 1.29 is 13.6 Å². The lowest BCUT2D eigenvalue weighted by Crippen LogP contribution is -2.14. The molecule has 0 aliphatic heterocycles. The van der Waals surface area contributed by atoms with Crippen molar-refractivity contribution >= 4 is 11.7 Å². The van der Waals surface area contributed by atoms with E-state index in [-0.39, 0.29) is 17.9 Å². The van der Waals surface area contributed by atoms with Crippen LogP contribution in [0.1, 0.15) is 23.0 Å². The minimum atomic E-state index is -2.72. The summed E-state index contributed by atoms with van der Waals surface area (Å²) >= 11 is 0. The average molecular weight is 254 g/mol. The lowest BCUT2D eigenvalue weighted by atomic mass is 10.4. The summed E-state index contributed by atoms with van der Waals surface area (Å²) in [5.41, 5.74) is 0.0562. The predicted octanol–water partition coefficient (Wildman–Crippen LogP) is 0.834. The Kier molecular flexibility index (Phi) is 2.15. The largest absolute Gasteiger partial charge is 0.302 e. The van der Waals surface area contributed by atoms with Crippen molar-refractivity contribution in [2.24, 2.45) is 0 Å². The topological polar surface area (TPSA) is 88.5 Å². The molecule has 0 aromatic carbocycles. The van der Waals surface area contributed by atoms with Crippen LogP contribution in [-0.2, 0) is 0 Å². The van der Waals surface area contributed by atoms with Gasteiger partial charge in [-0.05, 0) is 6.07 Å². The van der Waals surface area contributed by atoms with Crippen LogP contribution in [0.5, 0.6) is 0 Å². The molecule has 2 aromatic heterocycles. The fourth-order valence-corrected chi connectivity index (χ4v) is 1.56. The SMILES string of the molecule is O=C(Nc1cn[nH]n1)c1ccn(C2CC2(F)F)n1. The van der Waals surface area contributed by atoms with Crippen LogP contribution in [0, 0.1) is 0 Å². The van der Waals surface area contributed by atoms with Crippen LogP contribution in [-0.4, -0.2) is 37.0 Å². The van der Waals surface area contributed by atoms with Gasteiger partial charge in [-0.2, -0.15) is 15.4 Å². The molecule has 1 amide bonds. The Hall–Kier alpha value is -2.32. The van der Waals surface area contributed by atoms with E-state index in [0.29, 0.717) is 0 Å². The third-order valence-corrected chi connectivity index (χ3v) is 2.61. The molecule has 1 saturated carbocycles. The maximum Gasteiger partial charge on any atom is 0.277 e. The number of nitrogens with one attached hydrogen (secondary N) is 2. The van der Waals surface area contributed by atoms with Crippen LogP contribution >= 0.6 is 0 Å². The number of aromatic nitrogens is 5. The number of hydrogen-bond donors (Lipinski definition) is 2. The van der Waals surface area contributed by atoms with E-state index in [2.05, 4.69) is 25.8 Å². The van der Waals surface area contributed by atoms with Gasteiger partial charge in [-0.25, -0.2) is 8.78 Å². The highest BCUT2D eigenvalue weighted by Gasteiger charge is 2.59. The molecule has 0 radical (unpaired) electrons. The highest BCUT2D eigenvalue weighted by molar-refractivity contribution is 6.02. The lowest BCUT2D eigenvalue weighted by Gasteiger charge is -1.99. The number of carbonyl (C=O) groups excluding carboxylic acids is 1. The van der Waals surface area contributed by atoms with E-state index in [0.717, 1.165) is 4.68 Å². The van der Waals surface area contributed by atoms with Gasteiger partial charge in [-0.3, -0.25) is 9.48 Å². The van der Waals surface area contributed by atoms with E-state index in [4.69, 9.17) is 0 Å². The van der Waals surface area contributed by atoms with E-state index in [1.807, 2.05) is 0 Å². The standard InChI is InChI=1S/C9H8F2N6O/c10-9(11)3-6(9)17-2-1-5(15-17)8(18)13-7-4-12-16-14-7/h1-2,4,6H,3H2,(H2,12,13,14,16,18). The van der Waals surface area contributed by atoms with Crippen LogP contribution in [0.4, 0.5) is 14.6 Å². The van der Waals surface area contributed by atoms with E-state index >= 15 is 0 Å². The maximum absolute atomic E-state index is 12.8. The molecule has 18 heavy (non-hydrogen) atoms. The molecule has 1 fully saturated rings. The minimum Gasteiger partial charge on any atom is -0.302 e. The number of alkyl halides is 2. The Morgan fingerprint density at radius 3 is 3.00 bits per heavy atom. The van der Waals surface area contributed by atoms with E-state index in [1.54, 1.807) is 0 Å². The van der Waals surface area contributed by atoms with Gasteiger partial charge in [0.15, 0.2) is 11.5 Å². The highest BCUT2D eigenvalue weighted by atomic mass is 19.3. The molecule has 2 aromatic rings. The Labute approximate surface area is 99.2 Å². The van der Waals surface area contributed by atoms with Gasteiger partial charge in [0.2, 0.25) is 0 Å². The molecule has 2 heterocycles. The molecule has 1 aliphatic carbocycles. The molecule has 0 bridgehead atoms. The first-order valence-electron chi connectivity index (χ1n) is 5.16. The molecule has 94 valence electrons. The first-order chi connectivity index (χ1) is 8.56. The van der Waals surface area contributed by atoms with Gasteiger partial charge < -0.3 is 5.32 Å². The van der Waals surface area contributed by atoms with Gasteiger partial charge in [0, 0.05) is 12.6 Å². The Balaban J connectivity index is 1.72. The zero-order valence-corrected chi connectivity index (χ0v) is 8.97. The van der Waals surface area contributed by atoms with Crippen LogP contribution in [0.15, 0.2) is 18.5 Å². The normalized spacial score (nSPS) is 20.7. The second-order valence-electron chi connectivity index (χ2n) is 3.97. The molecule has 1 atom stereocenters. The van der Waals surface area contributed by atoms with E-state index in [1.165, 1.54) is 18.5 Å². The smallest absolute Gasteiger partial charge is 0.277 e. The summed E-state index contributed by atoms with van der Waals surface area (Å²) in [7, 11) is 0. The third kappa shape index (κ3) is 1.83. The van der Waals surface area contributed by atoms with Crippen LogP contribution in [0.3, 0.4) is 0 Å². The van der Waals surface area contributed by atoms with Crippen molar-refractivity contribution in [2.45, 2.75) is 18.4 Å². The van der Waals surface area contributed by atoms with Gasteiger partial charge in [-0.1, -0.05) is 0 Å². The summed E-state index contributed by atoms with van der Waals surface area (Å²) < 4.78 is 26.7. The summed E-state index contributed by atoms with van der Waals surface area (Å²) in [6, 6.07) is 0.440. The van der Waals surface area contributed by atoms with Gasteiger partial charge >= 0.3 is 0 Å². The maximum atomic E-state index is 12.8. The number of aromatic amines is 1. The summed E-state index contributed by atoms with van der Waals surface area (Å²) in [5, 5.41) is 15.7. The van der Waals surface area contributed by atoms with Crippen molar-refractivity contribution in [3.63, 3.8) is 0 Å². The number of carbonyl (C=O) groups is 1. The molecule has 0 saturated heterocycles. The average Bonchev–Trinajstić information content (AvgIpc) is 2.82. The van der Waals surface area contributed by atoms with Crippen molar-refractivity contribution in [1.29, 1.82) is 0 Å². The second kappa shape index (κ2) is 3.59. The van der Waals surface area contributed by atoms with Crippen LogP contribution < -0.4 is 5.32 Å². The van der Waals surface area contributed by atoms with Crippen molar-refractivity contribution in [2.75, 3.05) is 5.32 Å². The molecule has 1 aliphatic rings. The summed E-state index contributed by atoms with van der Waals surface area (Å²) in [6.07, 6.45) is 2.45. The van der Waals surface area contributed by atoms with Gasteiger partial charge in [0.05, 0.1) is 6.20 Å². The van der Waals surface area contributed by atoms with E-state index in [9.17, 15) is 13.6 Å². The quantitative estimate of drug-likeness (QED) is 0.849. The van der Waals surface area contributed by atoms with Gasteiger partial charge in [-0.15, -0.1) is 5.10 Å². The number of H-pyrrole nitrogens is 1. The second-order valence-corrected chi connectivity index (χ2v) is 3.97. The fraction of sp³-hybridized carbons (Fsp3) is 0.333. The Morgan fingerprint density at radius 2 is 2.39 bits per heavy atom. The first-order valence-corrected chi connectivity index (χ1v) is 5.16. The van der Waals surface area contributed by atoms with Crippen LogP contribution in [0.2, 0.25) is 0 Å². The third-order valence-electron chi connectivity index (χ3n) is 2.61. The molecule has 9 heteroatoms. The molecule has 0 spiro atoms. The molecule has 3 rings (SSSR count). The summed E-state index contributed by atoms with van der Waals surface area (Å²) in [4.78, 5) is 11.7. The molecular formula is C9H8F2N6O. The number of hydrogen-bond acceptors (Lipinski definition) is 4. The first kappa shape index (κ1) is 10.8. The fourth-order valence-electron chi connectivity index (χ4n) is 1.56. The highest BCUT2D eigenvalue weighted by Crippen LogP contribution is 2.51. The molecule has 1 unspecified atom stereocenters. The summed E-state index contributed by atoms with van der Waals surface area (Å²) in [6.45, 7) is 0. The zero-order valence-electron chi connectivity index (χ0n) is 8.97. The lowest BCUT2D eigenvalue weighted by molar-refractivity contribution is 0.0966. The number of nitrogens with zero attached hydrogens (tertiary/aromatic N) is 4. The summed E-state index contributed by atoms with van der Waals surface area (Å²) in [5.74, 6) is -3.00. The van der Waals surface area contributed by atoms with Gasteiger partial charge in [0.1, 0.15) is 6.04 Å². The molecule has 2 N–H and O–H groups in total. The predicted molar refractivity (Wildman–Crippen MR) is 55.2 cm³/mol. The Bertz CT molecular complexity index is 578. The number of halogens is 2. The zero-order chi connectivity index (χ0) is 12.8. The van der Waals surface area contributed by atoms with E-state index < -0.39 is 17.9 Å². The van der Waals surface area contributed by atoms with Crippen LogP contribution in [0.25, 0.3) is 0 Å². The Morgan fingerprint density at radius 1 is 1.61 bits per heavy atom. The minimum absolute atomic E-state index is 0.0562. The molecular weight excluding hydrogens is 246 g/mol. The molecule has 7 nitrogen and oxygen atoms in total. The number of rotatable bonds is 3. The monoisotopic (exact) mass is 254 g/mol. The number of amides is 1. The van der Waals surface area contributed by atoms with Crippen molar-refractivity contribution in [3.05, 3.63) is 24.2 Å². The van der Waals surface area contributed by atoms with Crippen molar-refractivity contribution in [3.8, 4) is 0 Å². The van der Waals surface area contributed by atoms with Crippen molar-refractivity contribution in [1.82, 2.24) is 25.2 Å².